The van der Waals surface area contributed by atoms with Gasteiger partial charge < -0.3 is 5.32 Å². The summed E-state index contributed by atoms with van der Waals surface area (Å²) in [5.41, 5.74) is 1.35. The summed E-state index contributed by atoms with van der Waals surface area (Å²) in [5, 5.41) is 5.39. The van der Waals surface area contributed by atoms with Crippen LogP contribution in [0.5, 0.6) is 0 Å². The topological polar surface area (TPSA) is 76.1 Å². The number of nitrogens with zero attached hydrogens (tertiary/aromatic N) is 1. The van der Waals surface area contributed by atoms with E-state index in [0.29, 0.717) is 20.9 Å². The van der Waals surface area contributed by atoms with Gasteiger partial charge in [-0.15, -0.1) is 11.3 Å². The minimum atomic E-state index is -3.70. The van der Waals surface area contributed by atoms with Crippen LogP contribution in [0.4, 0.5) is 5.13 Å². The SMILES string of the molecule is O=C(CS(=O)(=O)c1ccccc1)Nc1nc(-c2ccc(Cl)c(Cl)c2)cs1. The number of thiazole rings is 1. The maximum atomic E-state index is 12.2. The van der Waals surface area contributed by atoms with Gasteiger partial charge in [-0.1, -0.05) is 47.5 Å². The van der Waals surface area contributed by atoms with Crippen molar-refractivity contribution in [3.8, 4) is 11.3 Å². The summed E-state index contributed by atoms with van der Waals surface area (Å²) in [6, 6.07) is 12.9. The Morgan fingerprint density at radius 1 is 1.08 bits per heavy atom. The minimum Gasteiger partial charge on any atom is -0.301 e. The lowest BCUT2D eigenvalue weighted by molar-refractivity contribution is -0.113. The zero-order chi connectivity index (χ0) is 18.7. The van der Waals surface area contributed by atoms with Crippen molar-refractivity contribution in [2.45, 2.75) is 4.90 Å². The van der Waals surface area contributed by atoms with Gasteiger partial charge >= 0.3 is 0 Å². The van der Waals surface area contributed by atoms with Crippen LogP contribution in [0.1, 0.15) is 0 Å². The lowest BCUT2D eigenvalue weighted by Crippen LogP contribution is -2.22. The van der Waals surface area contributed by atoms with Crippen LogP contribution in [0.2, 0.25) is 10.0 Å². The summed E-state index contributed by atoms with van der Waals surface area (Å²) >= 11 is 13.1. The molecule has 0 saturated heterocycles. The van der Waals surface area contributed by atoms with Crippen molar-refractivity contribution in [1.82, 2.24) is 4.98 Å². The molecule has 0 bridgehead atoms. The normalized spacial score (nSPS) is 11.3. The van der Waals surface area contributed by atoms with Crippen molar-refractivity contribution in [2.75, 3.05) is 11.1 Å². The van der Waals surface area contributed by atoms with Crippen LogP contribution in [0.25, 0.3) is 11.3 Å². The highest BCUT2D eigenvalue weighted by Gasteiger charge is 2.20. The number of benzene rings is 2. The standard InChI is InChI=1S/C17H12Cl2N2O3S2/c18-13-7-6-11(8-14(13)19)15-9-25-17(20-15)21-16(22)10-26(23,24)12-4-2-1-3-5-12/h1-9H,10H2,(H,20,21,22). The molecule has 1 amide bonds. The maximum Gasteiger partial charge on any atom is 0.241 e. The molecule has 0 aliphatic heterocycles. The van der Waals surface area contributed by atoms with Crippen molar-refractivity contribution >= 4 is 55.4 Å². The van der Waals surface area contributed by atoms with E-state index in [0.717, 1.165) is 5.56 Å². The average Bonchev–Trinajstić information content (AvgIpc) is 3.06. The predicted molar refractivity (Wildman–Crippen MR) is 105 cm³/mol. The van der Waals surface area contributed by atoms with E-state index in [1.165, 1.54) is 23.5 Å². The third kappa shape index (κ3) is 4.42. The first kappa shape index (κ1) is 18.8. The number of rotatable bonds is 5. The maximum absolute atomic E-state index is 12.2. The summed E-state index contributed by atoms with van der Waals surface area (Å²) in [4.78, 5) is 16.5. The van der Waals surface area contributed by atoms with Gasteiger partial charge in [0, 0.05) is 10.9 Å². The summed E-state index contributed by atoms with van der Waals surface area (Å²) < 4.78 is 24.4. The number of amides is 1. The first-order valence-electron chi connectivity index (χ1n) is 7.34. The van der Waals surface area contributed by atoms with Crippen LogP contribution >= 0.6 is 34.5 Å². The Kier molecular flexibility index (Phi) is 5.62. The van der Waals surface area contributed by atoms with E-state index in [-0.39, 0.29) is 4.90 Å². The van der Waals surface area contributed by atoms with Crippen molar-refractivity contribution in [3.63, 3.8) is 0 Å². The second kappa shape index (κ2) is 7.75. The minimum absolute atomic E-state index is 0.103. The Morgan fingerprint density at radius 3 is 2.50 bits per heavy atom. The third-order valence-corrected chi connectivity index (χ3v) is 6.52. The van der Waals surface area contributed by atoms with Gasteiger partial charge in [-0.2, -0.15) is 0 Å². The summed E-state index contributed by atoms with van der Waals surface area (Å²) in [6.07, 6.45) is 0. The number of halogens is 2. The molecule has 0 spiro atoms. The molecular formula is C17H12Cl2N2O3S2. The zero-order valence-electron chi connectivity index (χ0n) is 13.1. The molecule has 134 valence electrons. The van der Waals surface area contributed by atoms with Crippen LogP contribution in [-0.4, -0.2) is 25.1 Å². The molecule has 1 aromatic heterocycles. The Hall–Kier alpha value is -1.93. The van der Waals surface area contributed by atoms with E-state index in [4.69, 9.17) is 23.2 Å². The zero-order valence-corrected chi connectivity index (χ0v) is 16.3. The molecule has 9 heteroatoms. The van der Waals surface area contributed by atoms with Crippen molar-refractivity contribution in [1.29, 1.82) is 0 Å². The van der Waals surface area contributed by atoms with Crippen LogP contribution in [-0.2, 0) is 14.6 Å². The highest BCUT2D eigenvalue weighted by Crippen LogP contribution is 2.30. The van der Waals surface area contributed by atoms with Gasteiger partial charge in [-0.05, 0) is 24.3 Å². The molecule has 0 unspecified atom stereocenters. The number of nitrogens with one attached hydrogen (secondary N) is 1. The fourth-order valence-corrected chi connectivity index (χ4v) is 4.35. The average molecular weight is 427 g/mol. The van der Waals surface area contributed by atoms with Gasteiger partial charge in [0.05, 0.1) is 20.6 Å². The molecule has 2 aromatic carbocycles. The number of hydrogen-bond acceptors (Lipinski definition) is 5. The highest BCUT2D eigenvalue weighted by atomic mass is 35.5. The number of anilines is 1. The molecule has 3 aromatic rings. The largest absolute Gasteiger partial charge is 0.301 e. The molecule has 0 aliphatic rings. The van der Waals surface area contributed by atoms with E-state index in [1.54, 1.807) is 41.8 Å². The van der Waals surface area contributed by atoms with Crippen molar-refractivity contribution < 1.29 is 13.2 Å². The second-order valence-corrected chi connectivity index (χ2v) is 8.95. The molecule has 1 heterocycles. The second-order valence-electron chi connectivity index (χ2n) is 5.29. The van der Waals surface area contributed by atoms with Crippen LogP contribution in [0.15, 0.2) is 58.8 Å². The lowest BCUT2D eigenvalue weighted by Gasteiger charge is -2.04. The van der Waals surface area contributed by atoms with E-state index >= 15 is 0 Å². The Balaban J connectivity index is 1.71. The van der Waals surface area contributed by atoms with Gasteiger partial charge in [-0.3, -0.25) is 4.79 Å². The molecule has 0 aliphatic carbocycles. The molecule has 0 atom stereocenters. The van der Waals surface area contributed by atoms with E-state index < -0.39 is 21.5 Å². The van der Waals surface area contributed by atoms with Gasteiger partial charge in [0.15, 0.2) is 15.0 Å². The lowest BCUT2D eigenvalue weighted by atomic mass is 10.2. The quantitative estimate of drug-likeness (QED) is 0.649. The Labute approximate surface area is 164 Å². The molecule has 26 heavy (non-hydrogen) atoms. The van der Waals surface area contributed by atoms with Crippen LogP contribution in [0, 0.1) is 0 Å². The number of aromatic nitrogens is 1. The van der Waals surface area contributed by atoms with E-state index in [1.807, 2.05) is 0 Å². The third-order valence-electron chi connectivity index (χ3n) is 3.39. The monoisotopic (exact) mass is 426 g/mol. The molecule has 1 N–H and O–H groups in total. The van der Waals surface area contributed by atoms with Crippen LogP contribution in [0.3, 0.4) is 0 Å². The van der Waals surface area contributed by atoms with Gasteiger partial charge in [0.25, 0.3) is 0 Å². The molecule has 0 saturated carbocycles. The molecule has 5 nitrogen and oxygen atoms in total. The number of carbonyl (C=O) groups is 1. The molecule has 0 fully saturated rings. The fourth-order valence-electron chi connectivity index (χ4n) is 2.16. The van der Waals surface area contributed by atoms with Crippen LogP contribution < -0.4 is 5.32 Å². The summed E-state index contributed by atoms with van der Waals surface area (Å²) in [5.74, 6) is -1.30. The highest BCUT2D eigenvalue weighted by molar-refractivity contribution is 7.92. The first-order chi connectivity index (χ1) is 12.3. The smallest absolute Gasteiger partial charge is 0.241 e. The molecular weight excluding hydrogens is 415 g/mol. The number of carbonyl (C=O) groups excluding carboxylic acids is 1. The molecule has 3 rings (SSSR count). The Morgan fingerprint density at radius 2 is 1.81 bits per heavy atom. The number of sulfone groups is 1. The fraction of sp³-hybridized carbons (Fsp3) is 0.0588. The summed E-state index contributed by atoms with van der Waals surface area (Å²) in [6.45, 7) is 0. The van der Waals surface area contributed by atoms with Gasteiger partial charge in [0.1, 0.15) is 5.75 Å². The van der Waals surface area contributed by atoms with Crippen molar-refractivity contribution in [3.05, 3.63) is 64.0 Å². The van der Waals surface area contributed by atoms with E-state index in [2.05, 4.69) is 10.3 Å². The predicted octanol–water partition coefficient (Wildman–Crippen LogP) is 4.53. The summed E-state index contributed by atoms with van der Waals surface area (Å²) in [7, 11) is -3.70. The number of hydrogen-bond donors (Lipinski definition) is 1. The van der Waals surface area contributed by atoms with Gasteiger partial charge in [-0.25, -0.2) is 13.4 Å². The Bertz CT molecular complexity index is 1050. The first-order valence-corrected chi connectivity index (χ1v) is 10.6. The van der Waals surface area contributed by atoms with Crippen molar-refractivity contribution in [2.24, 2.45) is 0 Å². The van der Waals surface area contributed by atoms with Gasteiger partial charge in [0.2, 0.25) is 5.91 Å². The van der Waals surface area contributed by atoms with E-state index in [9.17, 15) is 13.2 Å². The molecule has 0 radical (unpaired) electrons.